The number of carbonyl (C=O) groups excluding carboxylic acids is 2. The molecular formula is C15H16F3NO4. The minimum absolute atomic E-state index is 0.185. The number of hydrogen-bond donors (Lipinski definition) is 0. The second kappa shape index (κ2) is 7.17. The number of halogens is 3. The standard InChI is InChI=1S/C15H16F3NO4/c1-9-7-10(14(21)23-4)5-6-11(9)19(2)12(15(16,17)18)8-13(20)22-3/h5-8H,1-4H3. The van der Waals surface area contributed by atoms with Gasteiger partial charge in [-0.2, -0.15) is 13.2 Å². The molecule has 0 aliphatic rings. The van der Waals surface area contributed by atoms with Crippen LogP contribution >= 0.6 is 0 Å². The van der Waals surface area contributed by atoms with E-state index in [1.807, 2.05) is 0 Å². The number of aryl methyl sites for hydroxylation is 1. The normalized spacial score (nSPS) is 11.9. The fourth-order valence-electron chi connectivity index (χ4n) is 1.95. The third kappa shape index (κ3) is 4.48. The van der Waals surface area contributed by atoms with Gasteiger partial charge in [-0.3, -0.25) is 0 Å². The molecule has 0 amide bonds. The van der Waals surface area contributed by atoms with Crippen molar-refractivity contribution in [2.24, 2.45) is 0 Å². The van der Waals surface area contributed by atoms with E-state index in [0.717, 1.165) is 12.0 Å². The Labute approximate surface area is 131 Å². The van der Waals surface area contributed by atoms with Crippen LogP contribution < -0.4 is 4.90 Å². The zero-order valence-electron chi connectivity index (χ0n) is 13.0. The van der Waals surface area contributed by atoms with Gasteiger partial charge in [-0.05, 0) is 30.7 Å². The van der Waals surface area contributed by atoms with Gasteiger partial charge in [0, 0.05) is 12.7 Å². The number of esters is 2. The molecule has 0 aliphatic heterocycles. The molecule has 0 bridgehead atoms. The molecule has 0 unspecified atom stereocenters. The molecular weight excluding hydrogens is 315 g/mol. The van der Waals surface area contributed by atoms with E-state index in [4.69, 9.17) is 0 Å². The van der Waals surface area contributed by atoms with Crippen LogP contribution in [0.4, 0.5) is 18.9 Å². The van der Waals surface area contributed by atoms with Crippen molar-refractivity contribution < 1.29 is 32.2 Å². The van der Waals surface area contributed by atoms with Crippen molar-refractivity contribution in [1.82, 2.24) is 0 Å². The van der Waals surface area contributed by atoms with Crippen molar-refractivity contribution in [3.63, 3.8) is 0 Å². The lowest BCUT2D eigenvalue weighted by Gasteiger charge is -2.26. The summed E-state index contributed by atoms with van der Waals surface area (Å²) in [5.41, 5.74) is -0.369. The zero-order valence-corrected chi connectivity index (χ0v) is 13.0. The van der Waals surface area contributed by atoms with Crippen LogP contribution in [-0.4, -0.2) is 39.4 Å². The molecule has 1 rings (SSSR count). The SMILES string of the molecule is COC(=O)C=C(N(C)c1ccc(C(=O)OC)cc1C)C(F)(F)F. The Kier molecular flexibility index (Phi) is 5.78. The Morgan fingerprint density at radius 1 is 1.17 bits per heavy atom. The van der Waals surface area contributed by atoms with Crippen molar-refractivity contribution in [2.45, 2.75) is 13.1 Å². The number of benzene rings is 1. The van der Waals surface area contributed by atoms with Crippen molar-refractivity contribution >= 4 is 17.6 Å². The third-order valence-corrected chi connectivity index (χ3v) is 3.09. The van der Waals surface area contributed by atoms with Crippen LogP contribution in [0.25, 0.3) is 0 Å². The lowest BCUT2D eigenvalue weighted by Crippen LogP contribution is -2.30. The number of ether oxygens (including phenoxy) is 2. The molecule has 5 nitrogen and oxygen atoms in total. The van der Waals surface area contributed by atoms with Crippen LogP contribution in [0.1, 0.15) is 15.9 Å². The molecule has 126 valence electrons. The van der Waals surface area contributed by atoms with Gasteiger partial charge in [-0.25, -0.2) is 9.59 Å². The first kappa shape index (κ1) is 18.5. The van der Waals surface area contributed by atoms with Gasteiger partial charge in [-0.15, -0.1) is 0 Å². The average Bonchev–Trinajstić information content (AvgIpc) is 2.49. The maximum Gasteiger partial charge on any atom is 0.431 e. The molecule has 8 heteroatoms. The van der Waals surface area contributed by atoms with Crippen LogP contribution in [0, 0.1) is 6.92 Å². The molecule has 0 aliphatic carbocycles. The summed E-state index contributed by atoms with van der Waals surface area (Å²) in [6.45, 7) is 1.55. The minimum atomic E-state index is -4.75. The summed E-state index contributed by atoms with van der Waals surface area (Å²) in [7, 11) is 3.37. The maximum absolute atomic E-state index is 13.2. The number of alkyl halides is 3. The fourth-order valence-corrected chi connectivity index (χ4v) is 1.95. The van der Waals surface area contributed by atoms with Crippen LogP contribution in [-0.2, 0) is 14.3 Å². The van der Waals surface area contributed by atoms with Gasteiger partial charge in [-0.1, -0.05) is 0 Å². The Hall–Kier alpha value is -2.51. The molecule has 0 heterocycles. The Balaban J connectivity index is 3.29. The molecule has 0 radical (unpaired) electrons. The zero-order chi connectivity index (χ0) is 17.8. The average molecular weight is 331 g/mol. The quantitative estimate of drug-likeness (QED) is 0.627. The van der Waals surface area contributed by atoms with Gasteiger partial charge >= 0.3 is 18.1 Å². The molecule has 0 fully saturated rings. The Bertz CT molecular complexity index is 638. The number of carbonyl (C=O) groups is 2. The largest absolute Gasteiger partial charge is 0.466 e. The maximum atomic E-state index is 13.2. The molecule has 0 saturated carbocycles. The summed E-state index contributed by atoms with van der Waals surface area (Å²) in [5.74, 6) is -1.71. The van der Waals surface area contributed by atoms with Gasteiger partial charge in [0.2, 0.25) is 0 Å². The molecule has 23 heavy (non-hydrogen) atoms. The number of hydrogen-bond acceptors (Lipinski definition) is 5. The number of allylic oxidation sites excluding steroid dienone is 1. The second-order valence-corrected chi connectivity index (χ2v) is 4.60. The van der Waals surface area contributed by atoms with Gasteiger partial charge in [0.25, 0.3) is 0 Å². The smallest absolute Gasteiger partial charge is 0.431 e. The second-order valence-electron chi connectivity index (χ2n) is 4.60. The summed E-state index contributed by atoms with van der Waals surface area (Å²) in [5, 5.41) is 0. The predicted molar refractivity (Wildman–Crippen MR) is 77.1 cm³/mol. The first-order valence-electron chi connectivity index (χ1n) is 6.41. The molecule has 0 saturated heterocycles. The van der Waals surface area contributed by atoms with E-state index in [0.29, 0.717) is 11.6 Å². The monoisotopic (exact) mass is 331 g/mol. The van der Waals surface area contributed by atoms with Crippen molar-refractivity contribution in [1.29, 1.82) is 0 Å². The van der Waals surface area contributed by atoms with Crippen molar-refractivity contribution in [2.75, 3.05) is 26.2 Å². The van der Waals surface area contributed by atoms with Gasteiger partial charge in [0.05, 0.1) is 25.9 Å². The van der Waals surface area contributed by atoms with E-state index in [1.165, 1.54) is 32.4 Å². The van der Waals surface area contributed by atoms with Crippen LogP contribution in [0.3, 0.4) is 0 Å². The van der Waals surface area contributed by atoms with Crippen molar-refractivity contribution in [3.05, 3.63) is 41.1 Å². The highest BCUT2D eigenvalue weighted by Crippen LogP contribution is 2.33. The number of nitrogens with zero attached hydrogens (tertiary/aromatic N) is 1. The van der Waals surface area contributed by atoms with Crippen LogP contribution in [0.15, 0.2) is 30.0 Å². The minimum Gasteiger partial charge on any atom is -0.466 e. The van der Waals surface area contributed by atoms with Crippen molar-refractivity contribution in [3.8, 4) is 0 Å². The molecule has 0 N–H and O–H groups in total. The molecule has 0 atom stereocenters. The highest BCUT2D eigenvalue weighted by molar-refractivity contribution is 5.90. The fraction of sp³-hybridized carbons (Fsp3) is 0.333. The summed E-state index contributed by atoms with van der Waals surface area (Å²) in [6, 6.07) is 4.10. The Morgan fingerprint density at radius 3 is 2.22 bits per heavy atom. The first-order chi connectivity index (χ1) is 10.6. The molecule has 0 aromatic heterocycles. The van der Waals surface area contributed by atoms with Crippen LogP contribution in [0.2, 0.25) is 0 Å². The summed E-state index contributed by atoms with van der Waals surface area (Å²) < 4.78 is 48.3. The summed E-state index contributed by atoms with van der Waals surface area (Å²) in [6.07, 6.45) is -4.38. The highest BCUT2D eigenvalue weighted by Gasteiger charge is 2.38. The summed E-state index contributed by atoms with van der Waals surface area (Å²) >= 11 is 0. The summed E-state index contributed by atoms with van der Waals surface area (Å²) in [4.78, 5) is 23.4. The first-order valence-corrected chi connectivity index (χ1v) is 6.41. The lowest BCUT2D eigenvalue weighted by atomic mass is 10.1. The molecule has 0 spiro atoms. The van der Waals surface area contributed by atoms with Crippen LogP contribution in [0.5, 0.6) is 0 Å². The van der Waals surface area contributed by atoms with Gasteiger partial charge in [0.15, 0.2) is 0 Å². The number of anilines is 1. The predicted octanol–water partition coefficient (Wildman–Crippen LogP) is 2.84. The van der Waals surface area contributed by atoms with E-state index in [-0.39, 0.29) is 11.3 Å². The lowest BCUT2D eigenvalue weighted by molar-refractivity contribution is -0.136. The van der Waals surface area contributed by atoms with Gasteiger partial charge in [0.1, 0.15) is 5.70 Å². The van der Waals surface area contributed by atoms with E-state index in [1.54, 1.807) is 6.92 Å². The Morgan fingerprint density at radius 2 is 1.78 bits per heavy atom. The van der Waals surface area contributed by atoms with E-state index < -0.39 is 23.8 Å². The van der Waals surface area contributed by atoms with E-state index in [2.05, 4.69) is 9.47 Å². The molecule has 1 aromatic rings. The molecule has 1 aromatic carbocycles. The number of methoxy groups -OCH3 is 2. The van der Waals surface area contributed by atoms with E-state index >= 15 is 0 Å². The topological polar surface area (TPSA) is 55.8 Å². The number of rotatable bonds is 4. The highest BCUT2D eigenvalue weighted by atomic mass is 19.4. The van der Waals surface area contributed by atoms with E-state index in [9.17, 15) is 22.8 Å². The van der Waals surface area contributed by atoms with Gasteiger partial charge < -0.3 is 14.4 Å². The third-order valence-electron chi connectivity index (χ3n) is 3.09.